The van der Waals surface area contributed by atoms with Crippen LogP contribution < -0.4 is 19.9 Å². The van der Waals surface area contributed by atoms with Crippen LogP contribution in [0.2, 0.25) is 0 Å². The molecule has 316 valence electrons. The summed E-state index contributed by atoms with van der Waals surface area (Å²) in [6, 6.07) is 8.30. The molecule has 6 aliphatic rings. The van der Waals surface area contributed by atoms with E-state index in [1.807, 2.05) is 18.2 Å². The van der Waals surface area contributed by atoms with Gasteiger partial charge in [0.15, 0.2) is 5.82 Å². The number of rotatable bonds is 10. The number of piperidine rings is 2. The summed E-state index contributed by atoms with van der Waals surface area (Å²) < 4.78 is 44.3. The number of carbonyl (C=O) groups excluding carboxylic acids is 3. The lowest BCUT2D eigenvalue weighted by Crippen LogP contribution is -2.52. The van der Waals surface area contributed by atoms with Gasteiger partial charge in [-0.15, -0.1) is 0 Å². The molecule has 5 fully saturated rings. The number of aromatic amines is 1. The number of aromatic nitrogens is 4. The van der Waals surface area contributed by atoms with Gasteiger partial charge in [0, 0.05) is 69.3 Å². The summed E-state index contributed by atoms with van der Waals surface area (Å²) in [6.07, 6.45) is 10.6. The van der Waals surface area contributed by atoms with Crippen LogP contribution in [0.4, 0.5) is 20.3 Å². The van der Waals surface area contributed by atoms with Gasteiger partial charge in [-0.2, -0.15) is 5.10 Å². The van der Waals surface area contributed by atoms with Crippen molar-refractivity contribution in [2.24, 2.45) is 5.92 Å². The van der Waals surface area contributed by atoms with E-state index in [1.165, 1.54) is 4.90 Å². The highest BCUT2D eigenvalue weighted by molar-refractivity contribution is 6.05. The van der Waals surface area contributed by atoms with E-state index >= 15 is 8.78 Å². The van der Waals surface area contributed by atoms with Gasteiger partial charge in [0.05, 0.1) is 35.5 Å². The van der Waals surface area contributed by atoms with Crippen LogP contribution in [0.3, 0.4) is 0 Å². The zero-order valence-corrected chi connectivity index (χ0v) is 33.9. The minimum absolute atomic E-state index is 0.0538. The minimum atomic E-state index is -0.885. The summed E-state index contributed by atoms with van der Waals surface area (Å²) in [5, 5.41) is 11.0. The van der Waals surface area contributed by atoms with Crippen molar-refractivity contribution in [2.45, 2.75) is 102 Å². The number of benzene rings is 2. The lowest BCUT2D eigenvalue weighted by atomic mass is 9.86. The number of hydrogen-bond donors (Lipinski definition) is 2. The average Bonchev–Trinajstić information content (AvgIpc) is 3.67. The van der Waals surface area contributed by atoms with E-state index in [0.29, 0.717) is 32.1 Å². The molecule has 0 radical (unpaired) electrons. The number of fused-ring (bicyclic) bond motifs is 2. The monoisotopic (exact) mass is 823 g/mol. The third-order valence-electron chi connectivity index (χ3n) is 13.6. The van der Waals surface area contributed by atoms with Crippen molar-refractivity contribution in [3.8, 4) is 17.1 Å². The lowest BCUT2D eigenvalue weighted by Gasteiger charge is -2.40. The van der Waals surface area contributed by atoms with Crippen LogP contribution in [0.1, 0.15) is 87.1 Å². The third-order valence-corrected chi connectivity index (χ3v) is 13.6. The maximum absolute atomic E-state index is 16.0. The van der Waals surface area contributed by atoms with Crippen LogP contribution in [0.5, 0.6) is 5.75 Å². The first-order chi connectivity index (χ1) is 29.1. The Balaban J connectivity index is 0.675. The highest BCUT2D eigenvalue weighted by atomic mass is 19.1. The molecule has 6 heterocycles. The van der Waals surface area contributed by atoms with Gasteiger partial charge in [0.2, 0.25) is 11.8 Å². The van der Waals surface area contributed by atoms with E-state index in [1.54, 1.807) is 11.2 Å². The molecule has 0 bridgehead atoms. The fraction of sp³-hybridized carbons (Fsp3) is 0.545. The summed E-state index contributed by atoms with van der Waals surface area (Å²) in [5.41, 5.74) is 2.39. The second-order valence-corrected chi connectivity index (χ2v) is 17.8. The predicted molar refractivity (Wildman–Crippen MR) is 219 cm³/mol. The quantitative estimate of drug-likeness (QED) is 0.199. The predicted octanol–water partition coefficient (Wildman–Crippen LogP) is 5.36. The molecule has 2 aromatic heterocycles. The summed E-state index contributed by atoms with van der Waals surface area (Å²) in [5.74, 6) is -0.787. The van der Waals surface area contributed by atoms with E-state index in [9.17, 15) is 14.4 Å². The Morgan fingerprint density at radius 3 is 2.38 bits per heavy atom. The lowest BCUT2D eigenvalue weighted by molar-refractivity contribution is -0.136. The number of hydrogen-bond acceptors (Lipinski definition) is 11. The van der Waals surface area contributed by atoms with Crippen LogP contribution in [-0.2, 0) is 20.9 Å². The number of nitrogens with one attached hydrogen (secondary N) is 2. The first kappa shape index (κ1) is 38.9. The minimum Gasteiger partial charge on any atom is -0.488 e. The summed E-state index contributed by atoms with van der Waals surface area (Å²) in [6.45, 7) is 7.01. The standard InChI is InChI=1S/C44H51F2N9O5/c1-44(12-13-44)60-29-6-7-34-31(20-29)40(51-50-34)35-22-37(48-25-47-35)53-14-10-28(11-15-53)59-27-4-2-26(3-5-27)23-52-16-18-54(19-17-52)41-33(45)21-30-32(39(41)46)24-55(43(30)58)36-8-9-38(56)49-42(36)57/h6-7,20-22,25-28,36H,2-5,8-19,23-24H2,1H3,(H,50,51)(H,49,56,57). The van der Waals surface area contributed by atoms with Crippen molar-refractivity contribution in [1.29, 1.82) is 0 Å². The zero-order valence-electron chi connectivity index (χ0n) is 33.9. The van der Waals surface area contributed by atoms with Crippen LogP contribution >= 0.6 is 0 Å². The van der Waals surface area contributed by atoms with E-state index in [-0.39, 0.29) is 54.0 Å². The van der Waals surface area contributed by atoms with Crippen molar-refractivity contribution in [1.82, 2.24) is 35.3 Å². The molecule has 0 spiro atoms. The smallest absolute Gasteiger partial charge is 0.255 e. The van der Waals surface area contributed by atoms with Gasteiger partial charge in [-0.25, -0.2) is 18.7 Å². The fourth-order valence-corrected chi connectivity index (χ4v) is 9.84. The van der Waals surface area contributed by atoms with Gasteiger partial charge >= 0.3 is 0 Å². The maximum atomic E-state index is 16.0. The molecular formula is C44H51F2N9O5. The molecule has 2 saturated carbocycles. The molecule has 4 aliphatic heterocycles. The van der Waals surface area contributed by atoms with Crippen LogP contribution in [0.25, 0.3) is 22.3 Å². The summed E-state index contributed by atoms with van der Waals surface area (Å²) in [7, 11) is 0. The second-order valence-electron chi connectivity index (χ2n) is 17.8. The molecular weight excluding hydrogens is 773 g/mol. The number of nitrogens with zero attached hydrogens (tertiary/aromatic N) is 7. The second kappa shape index (κ2) is 15.7. The largest absolute Gasteiger partial charge is 0.488 e. The number of amides is 3. The first-order valence-electron chi connectivity index (χ1n) is 21.6. The molecule has 2 aliphatic carbocycles. The molecule has 2 aromatic carbocycles. The Hall–Kier alpha value is -5.22. The molecule has 60 heavy (non-hydrogen) atoms. The Labute approximate surface area is 347 Å². The van der Waals surface area contributed by atoms with Crippen molar-refractivity contribution in [3.05, 3.63) is 59.4 Å². The zero-order chi connectivity index (χ0) is 41.1. The SMILES string of the molecule is CC1(Oc2ccc3[nH]nc(-c4cc(N5CCC(OC6CCC(CN7CCN(c8c(F)cc9c(c8F)CN(C8CCC(=O)NC8=O)C9=O)CC7)CC6)CC5)ncn4)c3c2)CC1. The maximum Gasteiger partial charge on any atom is 0.255 e. The van der Waals surface area contributed by atoms with Crippen molar-refractivity contribution in [2.75, 3.05) is 55.6 Å². The average molecular weight is 824 g/mol. The Morgan fingerprint density at radius 1 is 0.867 bits per heavy atom. The van der Waals surface area contributed by atoms with E-state index < -0.39 is 35.4 Å². The highest BCUT2D eigenvalue weighted by Gasteiger charge is 2.42. The Kier molecular flexibility index (Phi) is 10.2. The fourth-order valence-electron chi connectivity index (χ4n) is 9.84. The number of H-pyrrole nitrogens is 1. The van der Waals surface area contributed by atoms with Gasteiger partial charge in [-0.05, 0) is 94.9 Å². The van der Waals surface area contributed by atoms with E-state index in [0.717, 1.165) is 111 Å². The molecule has 3 saturated heterocycles. The molecule has 1 atom stereocenters. The van der Waals surface area contributed by atoms with Crippen LogP contribution in [0.15, 0.2) is 36.7 Å². The highest BCUT2D eigenvalue weighted by Crippen LogP contribution is 2.41. The van der Waals surface area contributed by atoms with Crippen molar-refractivity contribution < 1.29 is 32.6 Å². The van der Waals surface area contributed by atoms with Gasteiger partial charge in [0.1, 0.15) is 46.7 Å². The molecule has 3 amide bonds. The van der Waals surface area contributed by atoms with E-state index in [4.69, 9.17) is 9.47 Å². The molecule has 14 nitrogen and oxygen atoms in total. The number of ether oxygens (including phenoxy) is 2. The number of anilines is 2. The number of carbonyl (C=O) groups is 3. The summed E-state index contributed by atoms with van der Waals surface area (Å²) >= 11 is 0. The molecule has 2 N–H and O–H groups in total. The summed E-state index contributed by atoms with van der Waals surface area (Å²) in [4.78, 5) is 54.1. The Morgan fingerprint density at radius 2 is 1.63 bits per heavy atom. The molecule has 10 rings (SSSR count). The van der Waals surface area contributed by atoms with E-state index in [2.05, 4.69) is 48.3 Å². The molecule has 1 unspecified atom stereocenters. The third kappa shape index (κ3) is 7.68. The van der Waals surface area contributed by atoms with Crippen LogP contribution in [0, 0.1) is 17.6 Å². The number of piperazine rings is 1. The van der Waals surface area contributed by atoms with Crippen molar-refractivity contribution >= 4 is 40.1 Å². The van der Waals surface area contributed by atoms with Gasteiger partial charge in [-0.3, -0.25) is 29.7 Å². The van der Waals surface area contributed by atoms with Gasteiger partial charge < -0.3 is 24.2 Å². The normalized spacial score (nSPS) is 24.9. The number of imide groups is 1. The van der Waals surface area contributed by atoms with Gasteiger partial charge in [0.25, 0.3) is 5.91 Å². The number of halogens is 2. The molecule has 16 heteroatoms. The Bertz CT molecular complexity index is 2310. The topological polar surface area (TPSA) is 149 Å². The van der Waals surface area contributed by atoms with Crippen LogP contribution in [-0.4, -0.2) is 117 Å². The first-order valence-corrected chi connectivity index (χ1v) is 21.6. The molecule has 4 aromatic rings. The van der Waals surface area contributed by atoms with Crippen molar-refractivity contribution in [3.63, 3.8) is 0 Å². The van der Waals surface area contributed by atoms with Gasteiger partial charge in [-0.1, -0.05) is 0 Å².